The fourth-order valence-corrected chi connectivity index (χ4v) is 6.57. The molecule has 1 saturated carbocycles. The molecule has 0 bridgehead atoms. The Morgan fingerprint density at radius 3 is 2.64 bits per heavy atom. The minimum atomic E-state index is -4.45. The van der Waals surface area contributed by atoms with Crippen LogP contribution in [0.1, 0.15) is 66.9 Å². The van der Waals surface area contributed by atoms with Gasteiger partial charge in [-0.25, -0.2) is 18.3 Å². The van der Waals surface area contributed by atoms with Crippen LogP contribution in [0.15, 0.2) is 24.5 Å². The van der Waals surface area contributed by atoms with E-state index in [1.165, 1.54) is 15.4 Å². The zero-order chi connectivity index (χ0) is 32.1. The van der Waals surface area contributed by atoms with Crippen molar-refractivity contribution in [2.24, 2.45) is 17.8 Å². The van der Waals surface area contributed by atoms with E-state index in [4.69, 9.17) is 4.98 Å². The first kappa shape index (κ1) is 31.2. The number of alkyl halides is 5. The van der Waals surface area contributed by atoms with Gasteiger partial charge in [-0.2, -0.15) is 23.4 Å². The van der Waals surface area contributed by atoms with Crippen LogP contribution in [0.5, 0.6) is 0 Å². The van der Waals surface area contributed by atoms with Crippen molar-refractivity contribution in [3.63, 3.8) is 0 Å². The number of nitrogens with zero attached hydrogens (tertiary/aromatic N) is 6. The van der Waals surface area contributed by atoms with Crippen molar-refractivity contribution in [2.45, 2.75) is 76.2 Å². The minimum absolute atomic E-state index is 0.0668. The molecule has 244 valence electrons. The van der Waals surface area contributed by atoms with Crippen molar-refractivity contribution in [1.29, 1.82) is 0 Å². The van der Waals surface area contributed by atoms with Gasteiger partial charge in [0.2, 0.25) is 11.8 Å². The Morgan fingerprint density at radius 1 is 1.24 bits per heavy atom. The summed E-state index contributed by atoms with van der Waals surface area (Å²) in [6.07, 6.45) is -2.72. The SMILES string of the molecule is CCn1nccc1C(=O)N[C@H](c1cn2nc(C[C@H]3C[C@@H](C(F)(F)F)CNC3=O)c(N3CC(O)C3)cc2n1)C1CCC(F)(F)CC1. The highest BCUT2D eigenvalue weighted by molar-refractivity contribution is 5.92. The maximum absolute atomic E-state index is 14.1. The number of aliphatic hydroxyl groups excluding tert-OH is 1. The van der Waals surface area contributed by atoms with Gasteiger partial charge in [0, 0.05) is 63.6 Å². The van der Waals surface area contributed by atoms with E-state index >= 15 is 0 Å². The Balaban J connectivity index is 1.34. The molecule has 2 saturated heterocycles. The first-order chi connectivity index (χ1) is 21.3. The number of β-amino-alcohol motifs (C(OH)–C–C–N with tert-alkyl or cyclic N) is 1. The number of piperidine rings is 1. The lowest BCUT2D eigenvalue weighted by molar-refractivity contribution is -0.183. The number of imidazole rings is 1. The van der Waals surface area contributed by atoms with Crippen LogP contribution in [0.4, 0.5) is 27.6 Å². The third-order valence-corrected chi connectivity index (χ3v) is 9.18. The predicted octanol–water partition coefficient (Wildman–Crippen LogP) is 3.28. The van der Waals surface area contributed by atoms with Crippen LogP contribution in [0.3, 0.4) is 0 Å². The molecule has 2 amide bonds. The van der Waals surface area contributed by atoms with Crippen LogP contribution in [-0.4, -0.2) is 79.1 Å². The van der Waals surface area contributed by atoms with E-state index in [0.717, 1.165) is 0 Å². The van der Waals surface area contributed by atoms with E-state index in [1.54, 1.807) is 18.3 Å². The van der Waals surface area contributed by atoms with Crippen LogP contribution in [0, 0.1) is 17.8 Å². The molecule has 3 atom stereocenters. The largest absolute Gasteiger partial charge is 0.393 e. The van der Waals surface area contributed by atoms with Gasteiger partial charge in [-0.05, 0) is 38.2 Å². The second-order valence-electron chi connectivity index (χ2n) is 12.3. The third kappa shape index (κ3) is 6.47. The molecule has 3 aromatic rings. The Hall–Kier alpha value is -3.82. The van der Waals surface area contributed by atoms with Gasteiger partial charge < -0.3 is 20.6 Å². The summed E-state index contributed by atoms with van der Waals surface area (Å²) in [5.74, 6) is -6.68. The monoisotopic (exact) mass is 638 g/mol. The number of hydrogen-bond donors (Lipinski definition) is 3. The summed E-state index contributed by atoms with van der Waals surface area (Å²) in [5.41, 5.74) is 1.98. The number of carbonyl (C=O) groups excluding carboxylic acids is 2. The quantitative estimate of drug-likeness (QED) is 0.323. The number of rotatable bonds is 8. The van der Waals surface area contributed by atoms with Crippen molar-refractivity contribution in [3.05, 3.63) is 41.6 Å². The smallest absolute Gasteiger partial charge is 0.389 e. The van der Waals surface area contributed by atoms with Crippen LogP contribution in [-0.2, 0) is 17.8 Å². The minimum Gasteiger partial charge on any atom is -0.389 e. The van der Waals surface area contributed by atoms with Crippen molar-refractivity contribution < 1.29 is 36.6 Å². The average Bonchev–Trinajstić information content (AvgIpc) is 3.61. The predicted molar refractivity (Wildman–Crippen MR) is 151 cm³/mol. The molecule has 16 heteroatoms. The molecule has 0 unspecified atom stereocenters. The van der Waals surface area contributed by atoms with Crippen LogP contribution in [0.2, 0.25) is 0 Å². The Labute approximate surface area is 255 Å². The van der Waals surface area contributed by atoms with Crippen molar-refractivity contribution in [3.8, 4) is 0 Å². The van der Waals surface area contributed by atoms with E-state index in [-0.39, 0.29) is 57.5 Å². The van der Waals surface area contributed by atoms with E-state index in [2.05, 4.69) is 20.8 Å². The van der Waals surface area contributed by atoms with Gasteiger partial charge in [-0.3, -0.25) is 14.3 Å². The number of anilines is 1. The molecule has 3 aliphatic rings. The molecule has 0 aromatic carbocycles. The van der Waals surface area contributed by atoms with Gasteiger partial charge in [0.1, 0.15) is 5.69 Å². The van der Waals surface area contributed by atoms with E-state index in [9.17, 15) is 36.6 Å². The van der Waals surface area contributed by atoms with Gasteiger partial charge in [-0.1, -0.05) is 0 Å². The second-order valence-corrected chi connectivity index (χ2v) is 12.3. The molecule has 0 radical (unpaired) electrons. The summed E-state index contributed by atoms with van der Waals surface area (Å²) >= 11 is 0. The molecule has 45 heavy (non-hydrogen) atoms. The summed E-state index contributed by atoms with van der Waals surface area (Å²) in [4.78, 5) is 32.5. The number of aliphatic hydroxyl groups is 1. The lowest BCUT2D eigenvalue weighted by atomic mass is 9.81. The molecule has 3 N–H and O–H groups in total. The van der Waals surface area contributed by atoms with E-state index in [1.807, 2.05) is 11.8 Å². The molecule has 1 aliphatic carbocycles. The Bertz CT molecular complexity index is 1560. The Morgan fingerprint density at radius 2 is 1.98 bits per heavy atom. The Kier molecular flexibility index (Phi) is 8.20. The molecule has 5 heterocycles. The standard InChI is InChI=1S/C29H35F5N8O3/c1-2-41-22(5-8-36-41)27(45)38-25(16-3-6-28(30,31)7-4-16)21-15-42-24(37-21)11-23(40-13-19(43)14-40)20(39-42)10-17-9-18(29(32,33)34)12-35-26(17)44/h5,8,11,15-19,25,43H,2-4,6-7,9-10,12-14H2,1H3,(H,35,44)(H,38,45)/t17-,18-,25+/m1/s1. The van der Waals surface area contributed by atoms with Gasteiger partial charge in [0.05, 0.1) is 41.3 Å². The number of hydrogen-bond acceptors (Lipinski definition) is 7. The summed E-state index contributed by atoms with van der Waals surface area (Å²) in [7, 11) is 0. The summed E-state index contributed by atoms with van der Waals surface area (Å²) in [6, 6.07) is 2.53. The summed E-state index contributed by atoms with van der Waals surface area (Å²) < 4.78 is 71.7. The van der Waals surface area contributed by atoms with Crippen LogP contribution >= 0.6 is 0 Å². The topological polar surface area (TPSA) is 130 Å². The van der Waals surface area contributed by atoms with Gasteiger partial charge in [0.15, 0.2) is 5.65 Å². The highest BCUT2D eigenvalue weighted by atomic mass is 19.4. The highest BCUT2D eigenvalue weighted by Crippen LogP contribution is 2.42. The molecule has 6 rings (SSSR count). The fourth-order valence-electron chi connectivity index (χ4n) is 6.57. The van der Waals surface area contributed by atoms with E-state index in [0.29, 0.717) is 35.0 Å². The number of fused-ring (bicyclic) bond motifs is 1. The number of amides is 2. The molecule has 11 nitrogen and oxygen atoms in total. The zero-order valence-corrected chi connectivity index (χ0v) is 24.6. The lowest BCUT2D eigenvalue weighted by Gasteiger charge is -2.39. The number of aromatic nitrogens is 5. The third-order valence-electron chi connectivity index (χ3n) is 9.18. The molecule has 3 aromatic heterocycles. The van der Waals surface area contributed by atoms with Crippen LogP contribution in [0.25, 0.3) is 5.65 Å². The van der Waals surface area contributed by atoms with Gasteiger partial charge in [0.25, 0.3) is 5.91 Å². The number of carbonyl (C=O) groups is 2. The molecule has 3 fully saturated rings. The highest BCUT2D eigenvalue weighted by Gasteiger charge is 2.45. The summed E-state index contributed by atoms with van der Waals surface area (Å²) in [5, 5.41) is 24.1. The fraction of sp³-hybridized carbons (Fsp3) is 0.621. The first-order valence-corrected chi connectivity index (χ1v) is 15.2. The molecule has 2 aliphatic heterocycles. The van der Waals surface area contributed by atoms with Crippen molar-refractivity contribution >= 4 is 23.1 Å². The number of nitrogens with one attached hydrogen (secondary N) is 2. The van der Waals surface area contributed by atoms with E-state index < -0.39 is 54.4 Å². The van der Waals surface area contributed by atoms with Gasteiger partial charge >= 0.3 is 6.18 Å². The zero-order valence-electron chi connectivity index (χ0n) is 24.6. The normalized spacial score (nSPS) is 23.5. The maximum Gasteiger partial charge on any atom is 0.393 e. The molecule has 0 spiro atoms. The average molecular weight is 639 g/mol. The van der Waals surface area contributed by atoms with Crippen molar-refractivity contribution in [2.75, 3.05) is 24.5 Å². The summed E-state index contributed by atoms with van der Waals surface area (Å²) in [6.45, 7) is 2.38. The maximum atomic E-state index is 14.1. The van der Waals surface area contributed by atoms with Crippen LogP contribution < -0.4 is 15.5 Å². The first-order valence-electron chi connectivity index (χ1n) is 15.2. The lowest BCUT2D eigenvalue weighted by Crippen LogP contribution is -2.51. The number of halogens is 5. The number of aryl methyl sites for hydroxylation is 1. The van der Waals surface area contributed by atoms with Crippen molar-refractivity contribution in [1.82, 2.24) is 35.0 Å². The van der Waals surface area contributed by atoms with Gasteiger partial charge in [-0.15, -0.1) is 0 Å². The second kappa shape index (κ2) is 11.8. The molecular weight excluding hydrogens is 603 g/mol. The molecular formula is C29H35F5N8O3.